The van der Waals surface area contributed by atoms with Crippen LogP contribution in [0.4, 0.5) is 4.79 Å². The predicted octanol–water partition coefficient (Wildman–Crippen LogP) is 1.20. The SMILES string of the molecule is O=C(S)C1CCCN(C(=O)S)C1. The molecule has 0 N–H and O–H groups in total. The number of rotatable bonds is 1. The second-order valence-corrected chi connectivity index (χ2v) is 3.73. The number of amides is 1. The Morgan fingerprint density at radius 2 is 2.00 bits per heavy atom. The molecule has 1 amide bonds. The maximum Gasteiger partial charge on any atom is 0.278 e. The molecule has 0 aliphatic carbocycles. The molecule has 1 rings (SSSR count). The summed E-state index contributed by atoms with van der Waals surface area (Å²) in [6, 6.07) is 0. The molecular formula is C7H11NO2S2. The molecular weight excluding hydrogens is 194 g/mol. The van der Waals surface area contributed by atoms with Gasteiger partial charge in [-0.1, -0.05) is 12.6 Å². The van der Waals surface area contributed by atoms with Crippen molar-refractivity contribution in [2.75, 3.05) is 13.1 Å². The van der Waals surface area contributed by atoms with Crippen molar-refractivity contribution in [2.45, 2.75) is 12.8 Å². The van der Waals surface area contributed by atoms with Gasteiger partial charge >= 0.3 is 0 Å². The van der Waals surface area contributed by atoms with Crippen LogP contribution in [-0.4, -0.2) is 28.3 Å². The standard InChI is InChI=1S/C7H11NO2S2/c9-6(11)5-2-1-3-8(4-5)7(10)12/h5H,1-4H2,(H,9,11)(H,10,12). The van der Waals surface area contributed by atoms with Gasteiger partial charge in [-0.3, -0.25) is 9.59 Å². The van der Waals surface area contributed by atoms with E-state index in [1.165, 1.54) is 0 Å². The smallest absolute Gasteiger partial charge is 0.278 e. The number of hydrogen-bond donors (Lipinski definition) is 2. The van der Waals surface area contributed by atoms with Gasteiger partial charge in [0, 0.05) is 19.0 Å². The Morgan fingerprint density at radius 1 is 1.33 bits per heavy atom. The topological polar surface area (TPSA) is 37.4 Å². The fraction of sp³-hybridized carbons (Fsp3) is 0.714. The zero-order chi connectivity index (χ0) is 9.14. The highest BCUT2D eigenvalue weighted by Crippen LogP contribution is 2.19. The van der Waals surface area contributed by atoms with Crippen LogP contribution in [0.5, 0.6) is 0 Å². The average Bonchev–Trinajstić information content (AvgIpc) is 2.04. The van der Waals surface area contributed by atoms with Crippen LogP contribution in [0, 0.1) is 5.92 Å². The molecule has 68 valence electrons. The third kappa shape index (κ3) is 2.42. The third-order valence-corrected chi connectivity index (χ3v) is 2.69. The lowest BCUT2D eigenvalue weighted by Gasteiger charge is -2.29. The summed E-state index contributed by atoms with van der Waals surface area (Å²) in [5.74, 6) is -0.0989. The number of piperidine rings is 1. The molecule has 1 unspecified atom stereocenters. The Balaban J connectivity index is 2.51. The zero-order valence-electron chi connectivity index (χ0n) is 6.56. The van der Waals surface area contributed by atoms with E-state index in [0.717, 1.165) is 12.8 Å². The van der Waals surface area contributed by atoms with Gasteiger partial charge in [-0.05, 0) is 12.8 Å². The summed E-state index contributed by atoms with van der Waals surface area (Å²) in [7, 11) is 0. The molecule has 0 aromatic heterocycles. The zero-order valence-corrected chi connectivity index (χ0v) is 8.35. The lowest BCUT2D eigenvalue weighted by Crippen LogP contribution is -2.38. The van der Waals surface area contributed by atoms with E-state index in [1.54, 1.807) is 4.90 Å². The largest absolute Gasteiger partial charge is 0.333 e. The fourth-order valence-electron chi connectivity index (χ4n) is 1.35. The molecule has 0 saturated carbocycles. The number of carbonyl (C=O) groups excluding carboxylic acids is 2. The Labute approximate surface area is 82.3 Å². The molecule has 1 aliphatic heterocycles. The molecule has 0 radical (unpaired) electrons. The summed E-state index contributed by atoms with van der Waals surface area (Å²) in [4.78, 5) is 23.3. The van der Waals surface area contributed by atoms with E-state index < -0.39 is 0 Å². The van der Waals surface area contributed by atoms with E-state index in [4.69, 9.17) is 0 Å². The van der Waals surface area contributed by atoms with Crippen molar-refractivity contribution in [2.24, 2.45) is 5.92 Å². The second kappa shape index (κ2) is 4.18. The van der Waals surface area contributed by atoms with Gasteiger partial charge in [0.25, 0.3) is 5.24 Å². The monoisotopic (exact) mass is 205 g/mol. The lowest BCUT2D eigenvalue weighted by atomic mass is 10.0. The van der Waals surface area contributed by atoms with Crippen molar-refractivity contribution in [3.8, 4) is 0 Å². The molecule has 1 fully saturated rings. The summed E-state index contributed by atoms with van der Waals surface area (Å²) in [5, 5.41) is -0.386. The van der Waals surface area contributed by atoms with Crippen LogP contribution in [0.25, 0.3) is 0 Å². The molecule has 0 aromatic rings. The highest BCUT2D eigenvalue weighted by molar-refractivity contribution is 7.96. The van der Waals surface area contributed by atoms with Crippen molar-refractivity contribution in [1.82, 2.24) is 4.90 Å². The minimum absolute atomic E-state index is 0.0989. The van der Waals surface area contributed by atoms with Crippen molar-refractivity contribution in [3.63, 3.8) is 0 Å². The van der Waals surface area contributed by atoms with E-state index in [0.29, 0.717) is 13.1 Å². The summed E-state index contributed by atoms with van der Waals surface area (Å²) in [6.45, 7) is 1.19. The van der Waals surface area contributed by atoms with E-state index >= 15 is 0 Å². The first-order valence-corrected chi connectivity index (χ1v) is 4.71. The lowest BCUT2D eigenvalue weighted by molar-refractivity contribution is -0.115. The van der Waals surface area contributed by atoms with Gasteiger partial charge in [0.1, 0.15) is 0 Å². The number of nitrogens with zero attached hydrogens (tertiary/aromatic N) is 1. The summed E-state index contributed by atoms with van der Waals surface area (Å²) >= 11 is 7.45. The Kier molecular flexibility index (Phi) is 3.46. The maximum absolute atomic E-state index is 10.9. The molecule has 0 aromatic carbocycles. The van der Waals surface area contributed by atoms with Gasteiger partial charge in [-0.25, -0.2) is 0 Å². The van der Waals surface area contributed by atoms with Crippen LogP contribution in [0.2, 0.25) is 0 Å². The maximum atomic E-state index is 10.9. The normalized spacial score (nSPS) is 23.8. The summed E-state index contributed by atoms with van der Waals surface area (Å²) in [6.07, 6.45) is 1.70. The summed E-state index contributed by atoms with van der Waals surface area (Å²) in [5.41, 5.74) is 0. The average molecular weight is 205 g/mol. The van der Waals surface area contributed by atoms with Crippen molar-refractivity contribution in [1.29, 1.82) is 0 Å². The van der Waals surface area contributed by atoms with Gasteiger partial charge < -0.3 is 4.90 Å². The van der Waals surface area contributed by atoms with Gasteiger partial charge in [-0.2, -0.15) is 0 Å². The fourth-order valence-corrected chi connectivity index (χ4v) is 1.74. The van der Waals surface area contributed by atoms with Gasteiger partial charge in [0.2, 0.25) is 0 Å². The molecule has 3 nitrogen and oxygen atoms in total. The van der Waals surface area contributed by atoms with Crippen LogP contribution < -0.4 is 0 Å². The molecule has 1 aliphatic rings. The third-order valence-electron chi connectivity index (χ3n) is 2.04. The Bertz CT molecular complexity index is 188. The first-order chi connectivity index (χ1) is 5.61. The summed E-state index contributed by atoms with van der Waals surface area (Å²) < 4.78 is 0. The molecule has 1 saturated heterocycles. The quantitative estimate of drug-likeness (QED) is 0.631. The number of thiol groups is 2. The van der Waals surface area contributed by atoms with Crippen LogP contribution >= 0.6 is 25.3 Å². The first-order valence-electron chi connectivity index (χ1n) is 3.82. The highest BCUT2D eigenvalue weighted by atomic mass is 32.1. The van der Waals surface area contributed by atoms with Crippen molar-refractivity contribution in [3.05, 3.63) is 0 Å². The van der Waals surface area contributed by atoms with E-state index in [9.17, 15) is 9.59 Å². The molecule has 0 bridgehead atoms. The van der Waals surface area contributed by atoms with E-state index in [2.05, 4.69) is 25.3 Å². The number of hydrogen-bond acceptors (Lipinski definition) is 2. The van der Waals surface area contributed by atoms with Crippen molar-refractivity contribution < 1.29 is 9.59 Å². The Hall–Kier alpha value is -0.160. The van der Waals surface area contributed by atoms with E-state index in [-0.39, 0.29) is 16.3 Å². The highest BCUT2D eigenvalue weighted by Gasteiger charge is 2.25. The minimum Gasteiger partial charge on any atom is -0.333 e. The van der Waals surface area contributed by atoms with Crippen LogP contribution in [0.15, 0.2) is 0 Å². The number of carbonyl (C=O) groups is 2. The molecule has 1 heterocycles. The molecule has 1 atom stereocenters. The van der Waals surface area contributed by atoms with Crippen molar-refractivity contribution >= 4 is 35.6 Å². The predicted molar refractivity (Wildman–Crippen MR) is 52.7 cm³/mol. The molecule has 0 spiro atoms. The minimum atomic E-state index is -0.255. The second-order valence-electron chi connectivity index (χ2n) is 2.91. The van der Waals surface area contributed by atoms with E-state index in [1.807, 2.05) is 0 Å². The number of likely N-dealkylation sites (tertiary alicyclic amines) is 1. The van der Waals surface area contributed by atoms with Crippen LogP contribution in [-0.2, 0) is 4.79 Å². The molecule has 5 heteroatoms. The van der Waals surface area contributed by atoms with Gasteiger partial charge in [0.15, 0.2) is 5.12 Å². The van der Waals surface area contributed by atoms with Crippen LogP contribution in [0.1, 0.15) is 12.8 Å². The van der Waals surface area contributed by atoms with Gasteiger partial charge in [-0.15, -0.1) is 12.6 Å². The van der Waals surface area contributed by atoms with Crippen LogP contribution in [0.3, 0.4) is 0 Å². The first kappa shape index (κ1) is 9.92. The van der Waals surface area contributed by atoms with Gasteiger partial charge in [0.05, 0.1) is 0 Å². The molecule has 12 heavy (non-hydrogen) atoms. The Morgan fingerprint density at radius 3 is 2.50 bits per heavy atom.